The van der Waals surface area contributed by atoms with E-state index in [4.69, 9.17) is 9.47 Å². The molecule has 3 fully saturated rings. The molecular weight excluding hydrogens is 366 g/mol. The van der Waals surface area contributed by atoms with Crippen molar-refractivity contribution in [2.45, 2.75) is 18.4 Å². The average molecular weight is 393 g/mol. The van der Waals surface area contributed by atoms with Gasteiger partial charge in [-0.1, -0.05) is 12.1 Å². The molecule has 4 unspecified atom stereocenters. The average Bonchev–Trinajstić information content (AvgIpc) is 3.16. The van der Waals surface area contributed by atoms with Crippen LogP contribution in [0.25, 0.3) is 0 Å². The van der Waals surface area contributed by atoms with Gasteiger partial charge in [0.2, 0.25) is 0 Å². The number of hydrogen-bond acceptors (Lipinski definition) is 5. The molecule has 2 aromatic rings. The van der Waals surface area contributed by atoms with Crippen LogP contribution in [0.3, 0.4) is 0 Å². The van der Waals surface area contributed by atoms with Crippen LogP contribution < -0.4 is 4.74 Å². The first-order chi connectivity index (χ1) is 14.1. The van der Waals surface area contributed by atoms with Crippen LogP contribution in [0.1, 0.15) is 22.3 Å². The molecular formula is C24H27NO4. The number of ether oxygens (including phenoxy) is 2. The summed E-state index contributed by atoms with van der Waals surface area (Å²) in [7, 11) is 1.69. The first-order valence-corrected chi connectivity index (χ1v) is 10.4. The maximum Gasteiger partial charge on any atom is 0.176 e. The van der Waals surface area contributed by atoms with Gasteiger partial charge in [0.15, 0.2) is 5.78 Å². The number of carbonyl (C=O) groups is 1. The van der Waals surface area contributed by atoms with Crippen LogP contribution in [0.5, 0.6) is 11.5 Å². The van der Waals surface area contributed by atoms with Gasteiger partial charge in [-0.25, -0.2) is 0 Å². The van der Waals surface area contributed by atoms with Crippen LogP contribution in [0.15, 0.2) is 48.5 Å². The Balaban J connectivity index is 1.21. The summed E-state index contributed by atoms with van der Waals surface area (Å²) in [5.74, 6) is 3.01. The van der Waals surface area contributed by atoms with Crippen molar-refractivity contribution < 1.29 is 19.4 Å². The van der Waals surface area contributed by atoms with Crippen LogP contribution in [-0.4, -0.2) is 54.7 Å². The Morgan fingerprint density at radius 2 is 1.93 bits per heavy atom. The smallest absolute Gasteiger partial charge is 0.176 e. The number of benzene rings is 2. The second kappa shape index (κ2) is 7.15. The molecule has 5 nitrogen and oxygen atoms in total. The lowest BCUT2D eigenvalue weighted by atomic mass is 9.77. The third kappa shape index (κ3) is 3.32. The summed E-state index contributed by atoms with van der Waals surface area (Å²) in [5.41, 5.74) is 1.95. The Morgan fingerprint density at radius 1 is 1.17 bits per heavy atom. The van der Waals surface area contributed by atoms with Gasteiger partial charge in [-0.2, -0.15) is 0 Å². The topological polar surface area (TPSA) is 59.0 Å². The number of ketones is 1. The number of rotatable bonds is 6. The van der Waals surface area contributed by atoms with Crippen LogP contribution >= 0.6 is 0 Å². The normalized spacial score (nSPS) is 30.4. The molecule has 2 saturated heterocycles. The first kappa shape index (κ1) is 18.6. The SMILES string of the molecule is COc1ccc(CC23CC4CN(CC(=O)c5ccc(O)cc5)CC4C2CO3)cc1. The third-order valence-electron chi connectivity index (χ3n) is 7.14. The fourth-order valence-electron chi connectivity index (χ4n) is 5.66. The number of likely N-dealkylation sites (tertiary alicyclic amines) is 1. The minimum atomic E-state index is -0.0169. The fraction of sp³-hybridized carbons (Fsp3) is 0.458. The van der Waals surface area contributed by atoms with Gasteiger partial charge in [-0.3, -0.25) is 9.69 Å². The van der Waals surface area contributed by atoms with Crippen LogP contribution in [0, 0.1) is 17.8 Å². The highest BCUT2D eigenvalue weighted by atomic mass is 16.5. The number of phenolic OH excluding ortho intramolecular Hbond substituents is 1. The number of aromatic hydroxyl groups is 1. The molecule has 3 aliphatic rings. The molecule has 2 aromatic carbocycles. The Morgan fingerprint density at radius 3 is 2.59 bits per heavy atom. The van der Waals surface area contributed by atoms with Gasteiger partial charge in [0.25, 0.3) is 0 Å². The minimum absolute atomic E-state index is 0.0169. The maximum atomic E-state index is 12.6. The lowest BCUT2D eigenvalue weighted by Crippen LogP contribution is -2.54. The van der Waals surface area contributed by atoms with Crippen LogP contribution in [-0.2, 0) is 11.2 Å². The standard InChI is InChI=1S/C24H27NO4/c1-28-20-8-2-16(3-9-20)10-24-11-18-12-25(13-21(18)22(24)15-29-24)14-23(27)17-4-6-19(26)7-5-17/h2-9,18,21-22,26H,10-15H2,1H3. The number of Topliss-reactive ketones (excluding diaryl/α,β-unsaturated/α-hetero) is 1. The third-order valence-corrected chi connectivity index (χ3v) is 7.14. The monoisotopic (exact) mass is 393 g/mol. The molecule has 4 atom stereocenters. The molecule has 0 radical (unpaired) electrons. The van der Waals surface area contributed by atoms with E-state index in [1.807, 2.05) is 12.1 Å². The lowest BCUT2D eigenvalue weighted by molar-refractivity contribution is -0.197. The number of hydrogen-bond donors (Lipinski definition) is 1. The van der Waals surface area contributed by atoms with Gasteiger partial charge in [0, 0.05) is 31.0 Å². The summed E-state index contributed by atoms with van der Waals surface area (Å²) >= 11 is 0. The number of phenols is 1. The quantitative estimate of drug-likeness (QED) is 0.764. The van der Waals surface area contributed by atoms with Crippen molar-refractivity contribution in [1.29, 1.82) is 0 Å². The highest BCUT2D eigenvalue weighted by Crippen LogP contribution is 2.56. The van der Waals surface area contributed by atoms with E-state index >= 15 is 0 Å². The summed E-state index contributed by atoms with van der Waals surface area (Å²) in [6.07, 6.45) is 2.04. The lowest BCUT2D eigenvalue weighted by Gasteiger charge is -2.47. The van der Waals surface area contributed by atoms with Crippen molar-refractivity contribution in [3.63, 3.8) is 0 Å². The summed E-state index contributed by atoms with van der Waals surface area (Å²) in [6.45, 7) is 3.25. The largest absolute Gasteiger partial charge is 0.508 e. The van der Waals surface area contributed by atoms with Crippen molar-refractivity contribution in [3.8, 4) is 11.5 Å². The molecule has 2 aliphatic heterocycles. The van der Waals surface area contributed by atoms with E-state index in [1.165, 1.54) is 5.56 Å². The zero-order chi connectivity index (χ0) is 20.0. The predicted octanol–water partition coefficient (Wildman–Crippen LogP) is 3.16. The highest BCUT2D eigenvalue weighted by molar-refractivity contribution is 5.97. The molecule has 2 heterocycles. The van der Waals surface area contributed by atoms with Crippen LogP contribution in [0.4, 0.5) is 0 Å². The molecule has 0 aromatic heterocycles. The fourth-order valence-corrected chi connectivity index (χ4v) is 5.66. The Kier molecular flexibility index (Phi) is 4.60. The molecule has 5 rings (SSSR count). The minimum Gasteiger partial charge on any atom is -0.508 e. The molecule has 0 spiro atoms. The van der Waals surface area contributed by atoms with Gasteiger partial charge < -0.3 is 14.6 Å². The molecule has 29 heavy (non-hydrogen) atoms. The summed E-state index contributed by atoms with van der Waals surface area (Å²) in [5, 5.41) is 9.41. The van der Waals surface area contributed by atoms with E-state index in [0.29, 0.717) is 29.9 Å². The summed E-state index contributed by atoms with van der Waals surface area (Å²) in [4.78, 5) is 14.9. The van der Waals surface area contributed by atoms with Gasteiger partial charge in [-0.15, -0.1) is 0 Å². The van der Waals surface area contributed by atoms with Crippen molar-refractivity contribution in [2.75, 3.05) is 33.4 Å². The van der Waals surface area contributed by atoms with E-state index in [0.717, 1.165) is 38.3 Å². The zero-order valence-corrected chi connectivity index (χ0v) is 16.7. The van der Waals surface area contributed by atoms with Crippen molar-refractivity contribution in [1.82, 2.24) is 4.90 Å². The molecule has 1 saturated carbocycles. The predicted molar refractivity (Wildman–Crippen MR) is 109 cm³/mol. The Hall–Kier alpha value is -2.37. The Labute approximate surface area is 171 Å². The van der Waals surface area contributed by atoms with Gasteiger partial charge in [0.05, 0.1) is 25.9 Å². The molecule has 1 aliphatic carbocycles. The van der Waals surface area contributed by atoms with Crippen molar-refractivity contribution >= 4 is 5.78 Å². The van der Waals surface area contributed by atoms with E-state index in [1.54, 1.807) is 31.4 Å². The van der Waals surface area contributed by atoms with Crippen molar-refractivity contribution in [3.05, 3.63) is 59.7 Å². The zero-order valence-electron chi connectivity index (χ0n) is 16.7. The second-order valence-electron chi connectivity index (χ2n) is 8.80. The van der Waals surface area contributed by atoms with Gasteiger partial charge >= 0.3 is 0 Å². The van der Waals surface area contributed by atoms with E-state index in [2.05, 4.69) is 17.0 Å². The summed E-state index contributed by atoms with van der Waals surface area (Å²) < 4.78 is 11.5. The van der Waals surface area contributed by atoms with Crippen LogP contribution in [0.2, 0.25) is 0 Å². The van der Waals surface area contributed by atoms with Crippen molar-refractivity contribution in [2.24, 2.45) is 17.8 Å². The van der Waals surface area contributed by atoms with E-state index < -0.39 is 0 Å². The first-order valence-electron chi connectivity index (χ1n) is 10.4. The molecule has 0 amide bonds. The van der Waals surface area contributed by atoms with Gasteiger partial charge in [-0.05, 0) is 60.2 Å². The highest BCUT2D eigenvalue weighted by Gasteiger charge is 2.62. The molecule has 152 valence electrons. The molecule has 0 bridgehead atoms. The summed E-state index contributed by atoms with van der Waals surface area (Å²) in [6, 6.07) is 14.9. The number of methoxy groups -OCH3 is 1. The number of fused-ring (bicyclic) bond motifs is 3. The maximum absolute atomic E-state index is 12.6. The molecule has 5 heteroatoms. The number of nitrogens with zero attached hydrogens (tertiary/aromatic N) is 1. The second-order valence-corrected chi connectivity index (χ2v) is 8.80. The van der Waals surface area contributed by atoms with Gasteiger partial charge in [0.1, 0.15) is 11.5 Å². The van der Waals surface area contributed by atoms with E-state index in [-0.39, 0.29) is 17.1 Å². The number of carbonyl (C=O) groups excluding carboxylic acids is 1. The Bertz CT molecular complexity index is 894. The van der Waals surface area contributed by atoms with E-state index in [9.17, 15) is 9.90 Å². The molecule has 1 N–H and O–H groups in total.